The topological polar surface area (TPSA) is 47.3 Å². The van der Waals surface area contributed by atoms with E-state index in [2.05, 4.69) is 17.2 Å². The highest BCUT2D eigenvalue weighted by Gasteiger charge is 2.17. The predicted octanol–water partition coefficient (Wildman–Crippen LogP) is 1.55. The zero-order chi connectivity index (χ0) is 11.2. The Hall–Kier alpha value is -0.870. The predicted molar refractivity (Wildman–Crippen MR) is 61.4 cm³/mol. The van der Waals surface area contributed by atoms with Crippen molar-refractivity contribution >= 4 is 0 Å². The smallest absolute Gasteiger partial charge is 0.195 e. The van der Waals surface area contributed by atoms with Gasteiger partial charge in [-0.1, -0.05) is 6.92 Å². The standard InChI is InChI=1S/C12H20N2O2/c1-2-13-6-5-12-14-9-11(16-12)8-10-4-3-7-15-10/h9-10,13H,2-8H2,1H3. The SMILES string of the molecule is CCNCCc1ncc(CC2CCCO2)o1. The van der Waals surface area contributed by atoms with E-state index in [1.54, 1.807) is 0 Å². The van der Waals surface area contributed by atoms with E-state index in [1.807, 2.05) is 6.20 Å². The summed E-state index contributed by atoms with van der Waals surface area (Å²) < 4.78 is 11.2. The van der Waals surface area contributed by atoms with E-state index >= 15 is 0 Å². The monoisotopic (exact) mass is 224 g/mol. The van der Waals surface area contributed by atoms with Crippen molar-refractivity contribution in [2.24, 2.45) is 0 Å². The van der Waals surface area contributed by atoms with Crippen molar-refractivity contribution in [1.29, 1.82) is 0 Å². The summed E-state index contributed by atoms with van der Waals surface area (Å²) in [5, 5.41) is 3.25. The average Bonchev–Trinajstić information content (AvgIpc) is 2.91. The maximum absolute atomic E-state index is 5.66. The molecule has 1 atom stereocenters. The molecule has 90 valence electrons. The molecule has 1 aromatic rings. The van der Waals surface area contributed by atoms with Gasteiger partial charge in [-0.25, -0.2) is 4.98 Å². The van der Waals surface area contributed by atoms with E-state index in [0.717, 1.165) is 50.6 Å². The second-order valence-electron chi connectivity index (χ2n) is 4.16. The van der Waals surface area contributed by atoms with Gasteiger partial charge in [0.05, 0.1) is 12.3 Å². The van der Waals surface area contributed by atoms with Gasteiger partial charge in [-0.2, -0.15) is 0 Å². The Morgan fingerprint density at radius 1 is 1.56 bits per heavy atom. The van der Waals surface area contributed by atoms with Crippen LogP contribution in [0.15, 0.2) is 10.6 Å². The second-order valence-corrected chi connectivity index (χ2v) is 4.16. The van der Waals surface area contributed by atoms with E-state index in [9.17, 15) is 0 Å². The number of hydrogen-bond acceptors (Lipinski definition) is 4. The van der Waals surface area contributed by atoms with E-state index < -0.39 is 0 Å². The third kappa shape index (κ3) is 3.32. The summed E-state index contributed by atoms with van der Waals surface area (Å²) in [5.41, 5.74) is 0. The van der Waals surface area contributed by atoms with Crippen LogP contribution in [0.1, 0.15) is 31.4 Å². The Kier molecular flexibility index (Phi) is 4.36. The van der Waals surface area contributed by atoms with Crippen LogP contribution in [-0.2, 0) is 17.6 Å². The van der Waals surface area contributed by atoms with Crippen molar-refractivity contribution in [3.05, 3.63) is 17.8 Å². The van der Waals surface area contributed by atoms with Gasteiger partial charge in [0.2, 0.25) is 0 Å². The minimum Gasteiger partial charge on any atom is -0.446 e. The number of nitrogens with zero attached hydrogens (tertiary/aromatic N) is 1. The minimum absolute atomic E-state index is 0.342. The largest absolute Gasteiger partial charge is 0.446 e. The Balaban J connectivity index is 1.77. The highest BCUT2D eigenvalue weighted by atomic mass is 16.5. The molecule has 0 radical (unpaired) electrons. The summed E-state index contributed by atoms with van der Waals surface area (Å²) >= 11 is 0. The molecule has 0 aromatic carbocycles. The van der Waals surface area contributed by atoms with Crippen LogP contribution in [0.5, 0.6) is 0 Å². The molecule has 0 saturated carbocycles. The lowest BCUT2D eigenvalue weighted by Gasteiger charge is -2.05. The van der Waals surface area contributed by atoms with E-state index in [1.165, 1.54) is 6.42 Å². The zero-order valence-corrected chi connectivity index (χ0v) is 9.87. The minimum atomic E-state index is 0.342. The van der Waals surface area contributed by atoms with E-state index in [4.69, 9.17) is 9.15 Å². The molecule has 0 amide bonds. The van der Waals surface area contributed by atoms with Gasteiger partial charge < -0.3 is 14.5 Å². The van der Waals surface area contributed by atoms with Crippen molar-refractivity contribution in [3.63, 3.8) is 0 Å². The molecule has 4 nitrogen and oxygen atoms in total. The van der Waals surface area contributed by atoms with Gasteiger partial charge in [0.1, 0.15) is 5.76 Å². The molecule has 1 N–H and O–H groups in total. The Labute approximate surface area is 96.4 Å². The molecule has 1 aromatic heterocycles. The van der Waals surface area contributed by atoms with Crippen LogP contribution in [0.25, 0.3) is 0 Å². The lowest BCUT2D eigenvalue weighted by Crippen LogP contribution is -2.16. The molecule has 1 unspecified atom stereocenters. The number of likely N-dealkylation sites (N-methyl/N-ethyl adjacent to an activating group) is 1. The Morgan fingerprint density at radius 3 is 3.25 bits per heavy atom. The van der Waals surface area contributed by atoms with Crippen LogP contribution < -0.4 is 5.32 Å². The fourth-order valence-corrected chi connectivity index (χ4v) is 1.96. The third-order valence-electron chi connectivity index (χ3n) is 2.82. The van der Waals surface area contributed by atoms with Gasteiger partial charge in [0.15, 0.2) is 5.89 Å². The normalized spacial score (nSPS) is 20.4. The number of ether oxygens (including phenoxy) is 1. The molecule has 4 heteroatoms. The van der Waals surface area contributed by atoms with Crippen molar-refractivity contribution < 1.29 is 9.15 Å². The van der Waals surface area contributed by atoms with Crippen molar-refractivity contribution in [2.75, 3.05) is 19.7 Å². The molecular formula is C12H20N2O2. The fourth-order valence-electron chi connectivity index (χ4n) is 1.96. The van der Waals surface area contributed by atoms with Gasteiger partial charge in [-0.15, -0.1) is 0 Å². The van der Waals surface area contributed by atoms with Crippen LogP contribution in [0.2, 0.25) is 0 Å². The number of nitrogens with one attached hydrogen (secondary N) is 1. The van der Waals surface area contributed by atoms with Crippen LogP contribution in [0.4, 0.5) is 0 Å². The number of hydrogen-bond donors (Lipinski definition) is 1. The summed E-state index contributed by atoms with van der Waals surface area (Å²) in [7, 11) is 0. The van der Waals surface area contributed by atoms with Crippen molar-refractivity contribution in [3.8, 4) is 0 Å². The second kappa shape index (κ2) is 6.01. The zero-order valence-electron chi connectivity index (χ0n) is 9.87. The molecule has 1 saturated heterocycles. The van der Waals surface area contributed by atoms with Gasteiger partial charge >= 0.3 is 0 Å². The summed E-state index contributed by atoms with van der Waals surface area (Å²) in [4.78, 5) is 4.27. The fraction of sp³-hybridized carbons (Fsp3) is 0.750. The van der Waals surface area contributed by atoms with Gasteiger partial charge in [0.25, 0.3) is 0 Å². The van der Waals surface area contributed by atoms with Gasteiger partial charge in [-0.05, 0) is 19.4 Å². The first-order valence-electron chi connectivity index (χ1n) is 6.14. The lowest BCUT2D eigenvalue weighted by molar-refractivity contribution is 0.106. The highest BCUT2D eigenvalue weighted by molar-refractivity contribution is 4.97. The number of rotatable bonds is 6. The molecule has 1 fully saturated rings. The summed E-state index contributed by atoms with van der Waals surface area (Å²) in [5.74, 6) is 1.78. The van der Waals surface area contributed by atoms with Gasteiger partial charge in [-0.3, -0.25) is 0 Å². The van der Waals surface area contributed by atoms with Crippen LogP contribution >= 0.6 is 0 Å². The highest BCUT2D eigenvalue weighted by Crippen LogP contribution is 2.17. The third-order valence-corrected chi connectivity index (χ3v) is 2.82. The maximum atomic E-state index is 5.66. The molecule has 1 aliphatic rings. The Bertz CT molecular complexity index is 306. The number of oxazole rings is 1. The summed E-state index contributed by atoms with van der Waals surface area (Å²) in [6, 6.07) is 0. The Morgan fingerprint density at radius 2 is 2.50 bits per heavy atom. The van der Waals surface area contributed by atoms with E-state index in [-0.39, 0.29) is 0 Å². The average molecular weight is 224 g/mol. The van der Waals surface area contributed by atoms with Gasteiger partial charge in [0, 0.05) is 26.0 Å². The molecule has 0 spiro atoms. The number of aromatic nitrogens is 1. The first-order valence-corrected chi connectivity index (χ1v) is 6.14. The van der Waals surface area contributed by atoms with Crippen LogP contribution in [-0.4, -0.2) is 30.8 Å². The molecular weight excluding hydrogens is 204 g/mol. The van der Waals surface area contributed by atoms with Crippen molar-refractivity contribution in [1.82, 2.24) is 10.3 Å². The molecule has 1 aliphatic heterocycles. The molecule has 0 bridgehead atoms. The summed E-state index contributed by atoms with van der Waals surface area (Å²) in [6.07, 6.45) is 6.23. The first kappa shape index (κ1) is 11.6. The molecule has 2 rings (SSSR count). The molecule has 2 heterocycles. The summed E-state index contributed by atoms with van der Waals surface area (Å²) in [6.45, 7) is 4.91. The lowest BCUT2D eigenvalue weighted by atomic mass is 10.1. The van der Waals surface area contributed by atoms with Crippen molar-refractivity contribution in [2.45, 2.75) is 38.7 Å². The van der Waals surface area contributed by atoms with Crippen LogP contribution in [0, 0.1) is 0 Å². The van der Waals surface area contributed by atoms with E-state index in [0.29, 0.717) is 6.10 Å². The molecule has 0 aliphatic carbocycles. The van der Waals surface area contributed by atoms with Crippen LogP contribution in [0.3, 0.4) is 0 Å². The maximum Gasteiger partial charge on any atom is 0.195 e. The quantitative estimate of drug-likeness (QED) is 0.745. The molecule has 16 heavy (non-hydrogen) atoms. The first-order chi connectivity index (χ1) is 7.88.